The summed E-state index contributed by atoms with van der Waals surface area (Å²) in [7, 11) is -4.35. The zero-order valence-electron chi connectivity index (χ0n) is 12.0. The monoisotopic (exact) mass is 331 g/mol. The molecule has 21 heavy (non-hydrogen) atoms. The summed E-state index contributed by atoms with van der Waals surface area (Å²) in [5, 5.41) is 3.07. The van der Waals surface area contributed by atoms with Gasteiger partial charge < -0.3 is 5.32 Å². The maximum absolute atomic E-state index is 12.4. The van der Waals surface area contributed by atoms with Crippen molar-refractivity contribution < 1.29 is 12.6 Å². The minimum absolute atomic E-state index is 0.132. The molecule has 0 aromatic carbocycles. The van der Waals surface area contributed by atoms with Crippen LogP contribution in [0, 0.1) is 0 Å². The van der Waals surface area contributed by atoms with Crippen LogP contribution in [0.1, 0.15) is 26.2 Å². The quantitative estimate of drug-likeness (QED) is 0.815. The third-order valence-corrected chi connectivity index (χ3v) is 6.21. The number of nitrogens with zero attached hydrogens (tertiary/aromatic N) is 1. The van der Waals surface area contributed by atoms with Crippen molar-refractivity contribution in [3.05, 3.63) is 18.3 Å². The van der Waals surface area contributed by atoms with Crippen LogP contribution in [0.5, 0.6) is 0 Å². The molecule has 8 heteroatoms. The van der Waals surface area contributed by atoms with Gasteiger partial charge in [0.15, 0.2) is 0 Å². The number of pyridine rings is 1. The van der Waals surface area contributed by atoms with Gasteiger partial charge in [0.1, 0.15) is 5.82 Å². The molecule has 0 atom stereocenters. The van der Waals surface area contributed by atoms with Crippen LogP contribution >= 0.6 is 0 Å². The summed E-state index contributed by atoms with van der Waals surface area (Å²) in [6.07, 6.45) is 3.67. The Morgan fingerprint density at radius 2 is 2.10 bits per heavy atom. The highest BCUT2D eigenvalue weighted by atomic mass is 32.2. The lowest BCUT2D eigenvalue weighted by atomic mass is 10.2. The van der Waals surface area contributed by atoms with Crippen LogP contribution in [0.15, 0.2) is 23.2 Å². The first-order valence-corrected chi connectivity index (χ1v) is 10.1. The zero-order valence-corrected chi connectivity index (χ0v) is 13.7. The molecule has 0 amide bonds. The second-order valence-corrected chi connectivity index (χ2v) is 8.46. The molecule has 0 aliphatic carbocycles. The highest BCUT2D eigenvalue weighted by Gasteiger charge is 2.24. The minimum atomic E-state index is -3.55. The number of aromatic nitrogens is 1. The molecule has 118 valence electrons. The van der Waals surface area contributed by atoms with Gasteiger partial charge in [0.25, 0.3) is 0 Å². The van der Waals surface area contributed by atoms with E-state index >= 15 is 0 Å². The van der Waals surface area contributed by atoms with Crippen molar-refractivity contribution in [2.24, 2.45) is 0 Å². The highest BCUT2D eigenvalue weighted by molar-refractivity contribution is 7.89. The molecule has 1 aliphatic heterocycles. The highest BCUT2D eigenvalue weighted by Crippen LogP contribution is 2.16. The van der Waals surface area contributed by atoms with Crippen LogP contribution in [0.25, 0.3) is 0 Å². The third-order valence-electron chi connectivity index (χ3n) is 3.31. The number of rotatable bonds is 6. The Kier molecular flexibility index (Phi) is 5.72. The van der Waals surface area contributed by atoms with Crippen molar-refractivity contribution in [1.29, 1.82) is 0 Å². The van der Waals surface area contributed by atoms with Gasteiger partial charge in [0.2, 0.25) is 10.0 Å². The van der Waals surface area contributed by atoms with Gasteiger partial charge in [-0.05, 0) is 25.3 Å². The van der Waals surface area contributed by atoms with Gasteiger partial charge in [0.05, 0.1) is 4.90 Å². The summed E-state index contributed by atoms with van der Waals surface area (Å²) >= 11 is 0. The van der Waals surface area contributed by atoms with Crippen LogP contribution in [-0.4, -0.2) is 41.7 Å². The first-order chi connectivity index (χ1) is 10.0. The lowest BCUT2D eigenvalue weighted by Gasteiger charge is -2.22. The van der Waals surface area contributed by atoms with Crippen molar-refractivity contribution in [2.45, 2.75) is 37.1 Å². The average Bonchev–Trinajstić information content (AvgIpc) is 2.48. The molecule has 6 nitrogen and oxygen atoms in total. The van der Waals surface area contributed by atoms with E-state index < -0.39 is 20.8 Å². The summed E-state index contributed by atoms with van der Waals surface area (Å²) in [5.41, 5.74) is 0. The molecule has 1 saturated heterocycles. The van der Waals surface area contributed by atoms with E-state index in [1.165, 1.54) is 12.3 Å². The molecule has 0 spiro atoms. The van der Waals surface area contributed by atoms with Crippen LogP contribution in [0.2, 0.25) is 0 Å². The van der Waals surface area contributed by atoms with Crippen molar-refractivity contribution in [2.75, 3.05) is 23.4 Å². The molecule has 2 N–H and O–H groups in total. The van der Waals surface area contributed by atoms with E-state index in [-0.39, 0.29) is 10.9 Å². The summed E-state index contributed by atoms with van der Waals surface area (Å²) in [5.74, 6) is 1.68. The molecule has 1 aliphatic rings. The lowest BCUT2D eigenvalue weighted by Crippen LogP contribution is -2.39. The lowest BCUT2D eigenvalue weighted by molar-refractivity contribution is 0.522. The zero-order chi connectivity index (χ0) is 15.3. The van der Waals surface area contributed by atoms with E-state index in [4.69, 9.17) is 0 Å². The number of sulfonamides is 1. The molecule has 0 saturated carbocycles. The Labute approximate surface area is 128 Å². The van der Waals surface area contributed by atoms with Crippen molar-refractivity contribution in [3.63, 3.8) is 0 Å². The van der Waals surface area contributed by atoms with Crippen LogP contribution < -0.4 is 10.0 Å². The molecule has 0 bridgehead atoms. The summed E-state index contributed by atoms with van der Waals surface area (Å²) in [6, 6.07) is 2.90. The molecule has 0 unspecified atom stereocenters. The van der Waals surface area contributed by atoms with E-state index in [2.05, 4.69) is 15.0 Å². The predicted molar refractivity (Wildman–Crippen MR) is 84.2 cm³/mol. The standard InChI is InChI=1S/C13H21N3O3S2/c1-2-6-14-13-10-12(3-7-15-13)21(18,19)16-11-4-8-20(17)9-5-11/h3,7,10-11,16H,2,4-6,8-9H2,1H3,(H,14,15). The first-order valence-electron chi connectivity index (χ1n) is 7.08. The Morgan fingerprint density at radius 3 is 2.76 bits per heavy atom. The summed E-state index contributed by atoms with van der Waals surface area (Å²) in [6.45, 7) is 2.78. The fourth-order valence-corrected chi connectivity index (χ4v) is 4.74. The molecular formula is C13H21N3O3S2. The number of nitrogens with one attached hydrogen (secondary N) is 2. The van der Waals surface area contributed by atoms with Crippen LogP contribution in [-0.2, 0) is 20.8 Å². The van der Waals surface area contributed by atoms with E-state index in [0.29, 0.717) is 30.2 Å². The van der Waals surface area contributed by atoms with E-state index in [9.17, 15) is 12.6 Å². The normalized spacial score (nSPS) is 22.9. The van der Waals surface area contributed by atoms with Crippen molar-refractivity contribution >= 4 is 26.6 Å². The van der Waals surface area contributed by atoms with Crippen molar-refractivity contribution in [1.82, 2.24) is 9.71 Å². The van der Waals surface area contributed by atoms with Gasteiger partial charge in [-0.1, -0.05) is 6.92 Å². The molecule has 1 aromatic heterocycles. The molecule has 2 rings (SSSR count). The number of anilines is 1. The maximum Gasteiger partial charge on any atom is 0.241 e. The van der Waals surface area contributed by atoms with Gasteiger partial charge >= 0.3 is 0 Å². The Bertz CT molecular complexity index is 594. The number of hydrogen-bond acceptors (Lipinski definition) is 5. The van der Waals surface area contributed by atoms with Gasteiger partial charge in [-0.3, -0.25) is 4.21 Å². The van der Waals surface area contributed by atoms with Crippen LogP contribution in [0.4, 0.5) is 5.82 Å². The van der Waals surface area contributed by atoms with E-state index in [1.807, 2.05) is 6.92 Å². The largest absolute Gasteiger partial charge is 0.370 e. The molecule has 1 fully saturated rings. The second kappa shape index (κ2) is 7.33. The smallest absolute Gasteiger partial charge is 0.241 e. The Hall–Kier alpha value is -0.990. The summed E-state index contributed by atoms with van der Waals surface area (Å²) in [4.78, 5) is 4.31. The van der Waals surface area contributed by atoms with E-state index in [1.54, 1.807) is 6.07 Å². The fraction of sp³-hybridized carbons (Fsp3) is 0.615. The minimum Gasteiger partial charge on any atom is -0.370 e. The van der Waals surface area contributed by atoms with Gasteiger partial charge in [-0.2, -0.15) is 0 Å². The molecule has 0 radical (unpaired) electrons. The number of hydrogen-bond donors (Lipinski definition) is 2. The topological polar surface area (TPSA) is 88.2 Å². The molecular weight excluding hydrogens is 310 g/mol. The summed E-state index contributed by atoms with van der Waals surface area (Å²) < 4.78 is 38.7. The van der Waals surface area contributed by atoms with E-state index in [0.717, 1.165) is 13.0 Å². The fourth-order valence-electron chi connectivity index (χ4n) is 2.13. The maximum atomic E-state index is 12.4. The van der Waals surface area contributed by atoms with Crippen LogP contribution in [0.3, 0.4) is 0 Å². The van der Waals surface area contributed by atoms with Gasteiger partial charge in [-0.25, -0.2) is 18.1 Å². The third kappa shape index (κ3) is 4.76. The predicted octanol–water partition coefficient (Wildman–Crippen LogP) is 1.09. The first kappa shape index (κ1) is 16.4. The second-order valence-electron chi connectivity index (χ2n) is 5.05. The van der Waals surface area contributed by atoms with Crippen molar-refractivity contribution in [3.8, 4) is 0 Å². The van der Waals surface area contributed by atoms with Gasteiger partial charge in [0, 0.05) is 47.2 Å². The molecule has 1 aromatic rings. The van der Waals surface area contributed by atoms with Gasteiger partial charge in [-0.15, -0.1) is 0 Å². The Balaban J connectivity index is 2.06. The average molecular weight is 331 g/mol. The molecule has 2 heterocycles. The SMILES string of the molecule is CCCNc1cc(S(=O)(=O)NC2CCS(=O)CC2)ccn1. The Morgan fingerprint density at radius 1 is 1.38 bits per heavy atom.